The van der Waals surface area contributed by atoms with Gasteiger partial charge in [0.25, 0.3) is 0 Å². The fourth-order valence-corrected chi connectivity index (χ4v) is 3.26. The second-order valence-corrected chi connectivity index (χ2v) is 6.33. The van der Waals surface area contributed by atoms with Gasteiger partial charge in [-0.3, -0.25) is 9.69 Å². The van der Waals surface area contributed by atoms with Crippen LogP contribution in [0.1, 0.15) is 21.6 Å². The number of aryl methyl sites for hydroxylation is 1. The first kappa shape index (κ1) is 17.4. The molecule has 4 nitrogen and oxygen atoms in total. The normalized spacial score (nSPS) is 11.3. The lowest BCUT2D eigenvalue weighted by Crippen LogP contribution is -2.34. The molecule has 0 bridgehead atoms. The van der Waals surface area contributed by atoms with E-state index in [0.29, 0.717) is 13.1 Å². The number of hydrogen-bond acceptors (Lipinski definition) is 3. The third-order valence-electron chi connectivity index (χ3n) is 4.52. The number of H-pyrrole nitrogens is 1. The van der Waals surface area contributed by atoms with Crippen molar-refractivity contribution < 1.29 is 9.90 Å². The molecule has 1 heterocycles. The van der Waals surface area contributed by atoms with Crippen molar-refractivity contribution in [1.82, 2.24) is 9.88 Å². The number of ketones is 1. The first-order chi connectivity index (χ1) is 12.2. The van der Waals surface area contributed by atoms with Gasteiger partial charge in [0.05, 0.1) is 13.2 Å². The van der Waals surface area contributed by atoms with Gasteiger partial charge in [-0.15, -0.1) is 0 Å². The number of carbonyl (C=O) groups excluding carboxylic acids is 1. The van der Waals surface area contributed by atoms with Gasteiger partial charge in [-0.2, -0.15) is 0 Å². The van der Waals surface area contributed by atoms with Gasteiger partial charge in [-0.1, -0.05) is 48.5 Å². The summed E-state index contributed by atoms with van der Waals surface area (Å²) in [5.74, 6) is 0.0939. The highest BCUT2D eigenvalue weighted by atomic mass is 16.3. The second kappa shape index (κ2) is 8.10. The number of hydrogen-bond donors (Lipinski definition) is 2. The zero-order valence-electron chi connectivity index (χ0n) is 14.5. The Labute approximate surface area is 148 Å². The van der Waals surface area contributed by atoms with Crippen LogP contribution in [0.3, 0.4) is 0 Å². The number of nitrogens with one attached hydrogen (secondary N) is 1. The van der Waals surface area contributed by atoms with Gasteiger partial charge in [-0.05, 0) is 25.0 Å². The van der Waals surface area contributed by atoms with Gasteiger partial charge in [0.1, 0.15) is 0 Å². The molecule has 2 N–H and O–H groups in total. The first-order valence-electron chi connectivity index (χ1n) is 8.66. The molecule has 4 heteroatoms. The van der Waals surface area contributed by atoms with Gasteiger partial charge < -0.3 is 10.1 Å². The number of nitrogens with zero attached hydrogens (tertiary/aromatic N) is 1. The van der Waals surface area contributed by atoms with Crippen molar-refractivity contribution in [2.45, 2.75) is 13.3 Å². The summed E-state index contributed by atoms with van der Waals surface area (Å²) in [7, 11) is 0. The van der Waals surface area contributed by atoms with Crippen molar-refractivity contribution in [1.29, 1.82) is 0 Å². The minimum atomic E-state index is 0.0505. The third kappa shape index (κ3) is 4.16. The highest BCUT2D eigenvalue weighted by Crippen LogP contribution is 2.22. The highest BCUT2D eigenvalue weighted by Gasteiger charge is 2.18. The Kier molecular flexibility index (Phi) is 5.64. The number of rotatable bonds is 8. The van der Waals surface area contributed by atoms with Crippen molar-refractivity contribution >= 4 is 16.7 Å². The molecule has 0 saturated heterocycles. The standard InChI is InChI=1S/C21H24N2O2/c1-16-21(18-9-5-6-10-19(18)22-16)20(25)15-23(13-14-24)12-11-17-7-3-2-4-8-17/h2-10,22,24H,11-15H2,1H3. The summed E-state index contributed by atoms with van der Waals surface area (Å²) in [6.45, 7) is 3.55. The highest BCUT2D eigenvalue weighted by molar-refractivity contribution is 6.10. The topological polar surface area (TPSA) is 56.3 Å². The number of aliphatic hydroxyl groups excluding tert-OH is 1. The predicted molar refractivity (Wildman–Crippen MR) is 101 cm³/mol. The summed E-state index contributed by atoms with van der Waals surface area (Å²) in [4.78, 5) is 18.2. The molecule has 1 aromatic heterocycles. The lowest BCUT2D eigenvalue weighted by Gasteiger charge is -2.20. The SMILES string of the molecule is Cc1[nH]c2ccccc2c1C(=O)CN(CCO)CCc1ccccc1. The fourth-order valence-electron chi connectivity index (χ4n) is 3.26. The maximum atomic E-state index is 12.9. The summed E-state index contributed by atoms with van der Waals surface area (Å²) >= 11 is 0. The van der Waals surface area contributed by atoms with E-state index in [2.05, 4.69) is 17.1 Å². The Morgan fingerprint density at radius 2 is 1.76 bits per heavy atom. The van der Waals surface area contributed by atoms with Crippen molar-refractivity contribution in [2.75, 3.05) is 26.2 Å². The summed E-state index contributed by atoms with van der Waals surface area (Å²) in [6, 6.07) is 18.1. The largest absolute Gasteiger partial charge is 0.395 e. The van der Waals surface area contributed by atoms with Gasteiger partial charge >= 0.3 is 0 Å². The quantitative estimate of drug-likeness (QED) is 0.621. The average molecular weight is 336 g/mol. The minimum Gasteiger partial charge on any atom is -0.395 e. The molecular formula is C21H24N2O2. The van der Waals surface area contributed by atoms with Crippen LogP contribution in [0.5, 0.6) is 0 Å². The lowest BCUT2D eigenvalue weighted by molar-refractivity contribution is 0.0917. The first-order valence-corrected chi connectivity index (χ1v) is 8.66. The molecule has 25 heavy (non-hydrogen) atoms. The predicted octanol–water partition coefficient (Wildman–Crippen LogP) is 3.20. The van der Waals surface area contributed by atoms with Gasteiger partial charge in [0.2, 0.25) is 0 Å². The van der Waals surface area contributed by atoms with Crippen LogP contribution in [0, 0.1) is 6.92 Å². The molecule has 0 aliphatic heterocycles. The number of benzene rings is 2. The molecule has 2 aromatic carbocycles. The molecule has 0 aliphatic carbocycles. The number of carbonyl (C=O) groups is 1. The lowest BCUT2D eigenvalue weighted by atomic mass is 10.1. The molecule has 0 fully saturated rings. The van der Waals surface area contributed by atoms with Crippen molar-refractivity contribution in [3.05, 3.63) is 71.4 Å². The third-order valence-corrected chi connectivity index (χ3v) is 4.52. The smallest absolute Gasteiger partial charge is 0.179 e. The van der Waals surface area contributed by atoms with Gasteiger partial charge in [0, 0.05) is 35.2 Å². The maximum absolute atomic E-state index is 12.9. The van der Waals surface area contributed by atoms with Crippen LogP contribution in [0.2, 0.25) is 0 Å². The van der Waals surface area contributed by atoms with Gasteiger partial charge in [0.15, 0.2) is 5.78 Å². The van der Waals surface area contributed by atoms with Crippen LogP contribution in [0.15, 0.2) is 54.6 Å². The van der Waals surface area contributed by atoms with Crippen LogP contribution >= 0.6 is 0 Å². The molecular weight excluding hydrogens is 312 g/mol. The molecule has 0 aliphatic rings. The second-order valence-electron chi connectivity index (χ2n) is 6.33. The van der Waals surface area contributed by atoms with Crippen LogP contribution < -0.4 is 0 Å². The minimum absolute atomic E-state index is 0.0505. The van der Waals surface area contributed by atoms with E-state index in [1.54, 1.807) is 0 Å². The Balaban J connectivity index is 1.72. The van der Waals surface area contributed by atoms with Crippen LogP contribution in [0.25, 0.3) is 10.9 Å². The van der Waals surface area contributed by atoms with E-state index in [1.165, 1.54) is 5.56 Å². The number of fused-ring (bicyclic) bond motifs is 1. The van der Waals surface area contributed by atoms with Gasteiger partial charge in [-0.25, -0.2) is 0 Å². The van der Waals surface area contributed by atoms with Crippen molar-refractivity contribution in [3.63, 3.8) is 0 Å². The van der Waals surface area contributed by atoms with E-state index in [0.717, 1.165) is 35.1 Å². The fraction of sp³-hybridized carbons (Fsp3) is 0.286. The molecule has 3 aromatic rings. The molecule has 0 unspecified atom stereocenters. The number of para-hydroxylation sites is 1. The van der Waals surface area contributed by atoms with Crippen LogP contribution in [0.4, 0.5) is 0 Å². The van der Waals surface area contributed by atoms with E-state index in [1.807, 2.05) is 54.3 Å². The zero-order chi connectivity index (χ0) is 17.6. The monoisotopic (exact) mass is 336 g/mol. The summed E-state index contributed by atoms with van der Waals surface area (Å²) < 4.78 is 0. The molecule has 3 rings (SSSR count). The average Bonchev–Trinajstić information content (AvgIpc) is 2.96. The number of aromatic nitrogens is 1. The zero-order valence-corrected chi connectivity index (χ0v) is 14.5. The van der Waals surface area contributed by atoms with E-state index in [9.17, 15) is 9.90 Å². The van der Waals surface area contributed by atoms with E-state index in [-0.39, 0.29) is 12.4 Å². The molecule has 130 valence electrons. The Morgan fingerprint density at radius 3 is 2.52 bits per heavy atom. The number of aromatic amines is 1. The molecule has 0 atom stereocenters. The number of aliphatic hydroxyl groups is 1. The molecule has 0 spiro atoms. The Morgan fingerprint density at radius 1 is 1.04 bits per heavy atom. The number of Topliss-reactive ketones (excluding diaryl/α,β-unsaturated/α-hetero) is 1. The van der Waals surface area contributed by atoms with Crippen LogP contribution in [-0.4, -0.2) is 47.0 Å². The Bertz CT molecular complexity index is 839. The van der Waals surface area contributed by atoms with E-state index < -0.39 is 0 Å². The van der Waals surface area contributed by atoms with Crippen molar-refractivity contribution in [2.24, 2.45) is 0 Å². The van der Waals surface area contributed by atoms with Crippen LogP contribution in [-0.2, 0) is 6.42 Å². The van der Waals surface area contributed by atoms with E-state index >= 15 is 0 Å². The summed E-state index contributed by atoms with van der Waals surface area (Å²) in [5, 5.41) is 10.3. The summed E-state index contributed by atoms with van der Waals surface area (Å²) in [6.07, 6.45) is 0.862. The summed E-state index contributed by atoms with van der Waals surface area (Å²) in [5.41, 5.74) is 3.89. The molecule has 0 saturated carbocycles. The molecule has 0 amide bonds. The molecule has 0 radical (unpaired) electrons. The van der Waals surface area contributed by atoms with Crippen molar-refractivity contribution in [3.8, 4) is 0 Å². The Hall–Kier alpha value is -2.43. The van der Waals surface area contributed by atoms with E-state index in [4.69, 9.17) is 0 Å². The maximum Gasteiger partial charge on any atom is 0.179 e.